The molecule has 0 amide bonds. The largest absolute Gasteiger partial charge is 0.472 e. The second-order valence-electron chi connectivity index (χ2n) is 13.5. The number of ether oxygens (including phenoxy) is 2. The van der Waals surface area contributed by atoms with Crippen molar-refractivity contribution in [1.82, 2.24) is 0 Å². The molecule has 0 spiro atoms. The number of phosphoric acid groups is 1. The number of esters is 1. The molecule has 0 fully saturated rings. The molecule has 0 heterocycles. The molecule has 0 radical (unpaired) electrons. The smallest absolute Gasteiger partial charge is 0.457 e. The van der Waals surface area contributed by atoms with E-state index in [-0.39, 0.29) is 32.3 Å². The Bertz CT molecular complexity index is 697. The lowest BCUT2D eigenvalue weighted by molar-refractivity contribution is -0.154. The molecule has 0 aliphatic rings. The van der Waals surface area contributed by atoms with E-state index in [1.807, 2.05) is 0 Å². The van der Waals surface area contributed by atoms with E-state index in [0.29, 0.717) is 13.0 Å². The first-order valence-corrected chi connectivity index (χ1v) is 21.5. The van der Waals surface area contributed by atoms with Crippen molar-refractivity contribution < 1.29 is 32.8 Å². The molecule has 0 aliphatic carbocycles. The van der Waals surface area contributed by atoms with E-state index in [9.17, 15) is 14.3 Å². The third-order valence-electron chi connectivity index (χ3n) is 8.77. The molecule has 0 aromatic heterocycles. The van der Waals surface area contributed by atoms with Crippen molar-refractivity contribution in [3.63, 3.8) is 0 Å². The van der Waals surface area contributed by atoms with E-state index in [1.165, 1.54) is 141 Å². The number of rotatable bonds is 39. The number of carbonyl (C=O) groups is 1. The second-order valence-corrected chi connectivity index (χ2v) is 15.0. The highest BCUT2D eigenvalue weighted by Crippen LogP contribution is 2.43. The van der Waals surface area contributed by atoms with Gasteiger partial charge in [-0.25, -0.2) is 4.57 Å². The van der Waals surface area contributed by atoms with Crippen molar-refractivity contribution in [3.05, 3.63) is 0 Å². The Kier molecular flexibility index (Phi) is 36.4. The Morgan fingerprint density at radius 3 is 1.34 bits per heavy atom. The summed E-state index contributed by atoms with van der Waals surface area (Å²) in [7, 11) is -4.25. The molecule has 0 saturated heterocycles. The summed E-state index contributed by atoms with van der Waals surface area (Å²) in [5, 5.41) is 0. The van der Waals surface area contributed by atoms with Crippen molar-refractivity contribution >= 4 is 13.8 Å². The van der Waals surface area contributed by atoms with Gasteiger partial charge in [0.15, 0.2) is 0 Å². The van der Waals surface area contributed by atoms with E-state index in [0.717, 1.165) is 38.5 Å². The maximum atomic E-state index is 12.2. The average molecular weight is 692 g/mol. The summed E-state index contributed by atoms with van der Waals surface area (Å²) in [6, 6.07) is 0. The third kappa shape index (κ3) is 36.6. The predicted octanol–water partition coefficient (Wildman–Crippen LogP) is 11.4. The number of carbonyl (C=O) groups excluding carboxylic acids is 1. The van der Waals surface area contributed by atoms with Gasteiger partial charge in [0.05, 0.1) is 19.8 Å². The highest BCUT2D eigenvalue weighted by Gasteiger charge is 2.25. The Hall–Kier alpha value is -0.500. The van der Waals surface area contributed by atoms with Crippen LogP contribution in [0.1, 0.15) is 200 Å². The summed E-state index contributed by atoms with van der Waals surface area (Å²) in [6.45, 7) is 4.83. The van der Waals surface area contributed by atoms with Gasteiger partial charge >= 0.3 is 13.8 Å². The van der Waals surface area contributed by atoms with Crippen LogP contribution in [0.4, 0.5) is 0 Å². The summed E-state index contributed by atoms with van der Waals surface area (Å²) in [5.74, 6) is -0.344. The van der Waals surface area contributed by atoms with Crippen molar-refractivity contribution in [3.8, 4) is 0 Å². The minimum atomic E-state index is -4.25. The van der Waals surface area contributed by atoms with Gasteiger partial charge in [-0.2, -0.15) is 0 Å². The number of hydrogen-bond donors (Lipinski definition) is 2. The van der Waals surface area contributed by atoms with E-state index in [1.54, 1.807) is 0 Å². The fraction of sp³-hybridized carbons (Fsp3) is 0.974. The van der Waals surface area contributed by atoms with Gasteiger partial charge in [-0.15, -0.1) is 0 Å². The van der Waals surface area contributed by atoms with Gasteiger partial charge in [-0.05, 0) is 12.8 Å². The molecule has 0 rings (SSSR count). The molecule has 282 valence electrons. The minimum Gasteiger partial charge on any atom is -0.457 e. The van der Waals surface area contributed by atoms with Crippen molar-refractivity contribution in [2.24, 2.45) is 5.73 Å². The minimum absolute atomic E-state index is 0.0915. The fourth-order valence-corrected chi connectivity index (χ4v) is 6.59. The number of unbranched alkanes of at least 4 members (excludes halogenated alkanes) is 26. The lowest BCUT2D eigenvalue weighted by Gasteiger charge is -2.20. The van der Waals surface area contributed by atoms with Gasteiger partial charge in [0.1, 0.15) is 6.10 Å². The fourth-order valence-electron chi connectivity index (χ4n) is 5.82. The maximum Gasteiger partial charge on any atom is 0.472 e. The predicted molar refractivity (Wildman–Crippen MR) is 197 cm³/mol. The van der Waals surface area contributed by atoms with E-state index in [2.05, 4.69) is 13.8 Å². The van der Waals surface area contributed by atoms with Crippen LogP contribution in [-0.2, 0) is 27.9 Å². The molecule has 8 nitrogen and oxygen atoms in total. The first-order valence-electron chi connectivity index (χ1n) is 20.0. The number of nitrogens with two attached hydrogens (primary N) is 1. The molecule has 0 saturated carbocycles. The number of hydrogen-bond acceptors (Lipinski definition) is 7. The van der Waals surface area contributed by atoms with Gasteiger partial charge in [0.25, 0.3) is 0 Å². The van der Waals surface area contributed by atoms with Crippen LogP contribution in [0.2, 0.25) is 0 Å². The zero-order valence-corrected chi connectivity index (χ0v) is 31.9. The van der Waals surface area contributed by atoms with Crippen molar-refractivity contribution in [2.75, 3.05) is 33.0 Å². The summed E-state index contributed by atoms with van der Waals surface area (Å²) >= 11 is 0. The first-order chi connectivity index (χ1) is 22.9. The molecule has 0 bridgehead atoms. The van der Waals surface area contributed by atoms with Gasteiger partial charge in [-0.1, -0.05) is 181 Å². The Labute approximate surface area is 291 Å². The SMILES string of the molecule is CCCCCCCCCCCCCCCCCCCCCCCCCCOCC(COP(=O)(O)OCCN)OC(=O)CCCCCC. The average Bonchev–Trinajstić information content (AvgIpc) is 3.06. The van der Waals surface area contributed by atoms with Gasteiger partial charge in [0, 0.05) is 19.6 Å². The molecular formula is C38H78NO7P. The van der Waals surface area contributed by atoms with E-state index in [4.69, 9.17) is 24.3 Å². The van der Waals surface area contributed by atoms with Crippen LogP contribution in [0, 0.1) is 0 Å². The molecular weight excluding hydrogens is 613 g/mol. The second kappa shape index (κ2) is 36.8. The van der Waals surface area contributed by atoms with Gasteiger partial charge in [-0.3, -0.25) is 13.8 Å². The van der Waals surface area contributed by atoms with Gasteiger partial charge in [0.2, 0.25) is 0 Å². The summed E-state index contributed by atoms with van der Waals surface area (Å²) < 4.78 is 33.0. The highest BCUT2D eigenvalue weighted by atomic mass is 31.2. The summed E-state index contributed by atoms with van der Waals surface area (Å²) in [4.78, 5) is 22.0. The Balaban J connectivity index is 3.66. The molecule has 3 N–H and O–H groups in total. The standard InChI is InChI=1S/C38H78NO7P/c1-3-5-7-9-10-11-12-13-14-15-16-17-18-19-20-21-22-23-24-25-26-27-28-30-33-43-35-37(36-45-47(41,42)44-34-32-39)46-38(40)31-29-8-6-4-2/h37H,3-36,39H2,1-2H3,(H,41,42). The molecule has 0 aromatic rings. The van der Waals surface area contributed by atoms with Crippen molar-refractivity contribution in [2.45, 2.75) is 206 Å². The Morgan fingerprint density at radius 1 is 0.553 bits per heavy atom. The molecule has 0 aromatic carbocycles. The Morgan fingerprint density at radius 2 is 0.936 bits per heavy atom. The zero-order chi connectivity index (χ0) is 34.5. The lowest BCUT2D eigenvalue weighted by atomic mass is 10.0. The van der Waals surface area contributed by atoms with E-state index < -0.39 is 13.9 Å². The topological polar surface area (TPSA) is 117 Å². The molecule has 0 aliphatic heterocycles. The molecule has 2 atom stereocenters. The van der Waals surface area contributed by atoms with Crippen molar-refractivity contribution in [1.29, 1.82) is 0 Å². The third-order valence-corrected chi connectivity index (χ3v) is 9.76. The van der Waals surface area contributed by atoms with Crippen LogP contribution in [0.15, 0.2) is 0 Å². The lowest BCUT2D eigenvalue weighted by Crippen LogP contribution is -2.28. The molecule has 9 heteroatoms. The summed E-state index contributed by atoms with van der Waals surface area (Å²) in [6.07, 6.45) is 36.2. The van der Waals surface area contributed by atoms with E-state index >= 15 is 0 Å². The first kappa shape index (κ1) is 46.5. The quantitative estimate of drug-likeness (QED) is 0.0371. The maximum absolute atomic E-state index is 12.2. The normalized spacial score (nSPS) is 13.5. The van der Waals surface area contributed by atoms with Crippen LogP contribution in [0.3, 0.4) is 0 Å². The molecule has 2 unspecified atom stereocenters. The highest BCUT2D eigenvalue weighted by molar-refractivity contribution is 7.47. The number of phosphoric ester groups is 1. The van der Waals surface area contributed by atoms with Crippen LogP contribution < -0.4 is 5.73 Å². The van der Waals surface area contributed by atoms with Crippen LogP contribution in [0.5, 0.6) is 0 Å². The van der Waals surface area contributed by atoms with Crippen LogP contribution in [0.25, 0.3) is 0 Å². The molecule has 47 heavy (non-hydrogen) atoms. The van der Waals surface area contributed by atoms with Gasteiger partial charge < -0.3 is 20.1 Å². The monoisotopic (exact) mass is 692 g/mol. The van der Waals surface area contributed by atoms with Crippen LogP contribution >= 0.6 is 7.82 Å². The zero-order valence-electron chi connectivity index (χ0n) is 31.0. The summed E-state index contributed by atoms with van der Waals surface area (Å²) in [5.41, 5.74) is 5.32. The van der Waals surface area contributed by atoms with Crippen LogP contribution in [-0.4, -0.2) is 49.9 Å².